The van der Waals surface area contributed by atoms with E-state index in [1.165, 1.54) is 0 Å². The largest absolute Gasteiger partial charge is 0.481 e. The molecular weight excluding hydrogens is 268 g/mol. The average Bonchev–Trinajstić information content (AvgIpc) is 2.35. The minimum absolute atomic E-state index is 0.0382. The van der Waals surface area contributed by atoms with Crippen molar-refractivity contribution in [3.8, 4) is 0 Å². The van der Waals surface area contributed by atoms with Crippen molar-refractivity contribution in [3.05, 3.63) is 11.6 Å². The number of likely N-dealkylation sites (tertiary alicyclic amines) is 1. The fraction of sp³-hybridized carbons (Fsp3) is 0.692. The van der Waals surface area contributed by atoms with Crippen LogP contribution in [0.5, 0.6) is 0 Å². The first-order valence-corrected chi connectivity index (χ1v) is 6.72. The standard InChI is InChI=1S/C13H21ClN2O3/c1-9(14)7-15-12(19)16-6-4-5-10(8-16)13(2,3)11(17)18/h10H,1,4-8H2,2-3H3,(H,15,19)(H,17,18). The maximum absolute atomic E-state index is 11.9. The topological polar surface area (TPSA) is 69.6 Å². The van der Waals surface area contributed by atoms with Gasteiger partial charge in [0.25, 0.3) is 0 Å². The molecule has 1 fully saturated rings. The number of amides is 2. The molecular formula is C13H21ClN2O3. The summed E-state index contributed by atoms with van der Waals surface area (Å²) >= 11 is 5.60. The van der Waals surface area contributed by atoms with Crippen molar-refractivity contribution in [3.63, 3.8) is 0 Å². The van der Waals surface area contributed by atoms with Gasteiger partial charge in [-0.3, -0.25) is 4.79 Å². The Morgan fingerprint density at radius 1 is 1.53 bits per heavy atom. The van der Waals surface area contributed by atoms with Crippen molar-refractivity contribution in [2.75, 3.05) is 19.6 Å². The van der Waals surface area contributed by atoms with Crippen LogP contribution in [-0.4, -0.2) is 41.6 Å². The lowest BCUT2D eigenvalue weighted by Crippen LogP contribution is -2.50. The summed E-state index contributed by atoms with van der Waals surface area (Å²) in [5, 5.41) is 12.3. The van der Waals surface area contributed by atoms with Crippen molar-refractivity contribution < 1.29 is 14.7 Å². The highest BCUT2D eigenvalue weighted by molar-refractivity contribution is 6.29. The van der Waals surface area contributed by atoms with Gasteiger partial charge < -0.3 is 15.3 Å². The normalized spacial score (nSPS) is 19.9. The van der Waals surface area contributed by atoms with Crippen LogP contribution in [0.2, 0.25) is 0 Å². The summed E-state index contributed by atoms with van der Waals surface area (Å²) in [7, 11) is 0. The number of piperidine rings is 1. The summed E-state index contributed by atoms with van der Waals surface area (Å²) in [4.78, 5) is 24.8. The first-order chi connectivity index (χ1) is 8.75. The van der Waals surface area contributed by atoms with Crippen molar-refractivity contribution >= 4 is 23.6 Å². The number of halogens is 1. The number of rotatable bonds is 4. The Morgan fingerprint density at radius 3 is 2.68 bits per heavy atom. The number of carbonyl (C=O) groups excluding carboxylic acids is 1. The predicted molar refractivity (Wildman–Crippen MR) is 74.1 cm³/mol. The van der Waals surface area contributed by atoms with E-state index >= 15 is 0 Å². The second kappa shape index (κ2) is 6.28. The van der Waals surface area contributed by atoms with Gasteiger partial charge in [-0.2, -0.15) is 0 Å². The molecule has 0 saturated carbocycles. The van der Waals surface area contributed by atoms with E-state index in [1.807, 2.05) is 0 Å². The Labute approximate surface area is 118 Å². The van der Waals surface area contributed by atoms with Crippen molar-refractivity contribution in [1.29, 1.82) is 0 Å². The van der Waals surface area contributed by atoms with Crippen molar-refractivity contribution in [1.82, 2.24) is 10.2 Å². The molecule has 0 bridgehead atoms. The van der Waals surface area contributed by atoms with Gasteiger partial charge in [-0.1, -0.05) is 18.2 Å². The number of hydrogen-bond donors (Lipinski definition) is 2. The Kier molecular flexibility index (Phi) is 5.23. The number of carbonyl (C=O) groups is 2. The summed E-state index contributed by atoms with van der Waals surface area (Å²) in [6, 6.07) is -0.215. The van der Waals surface area contributed by atoms with Crippen LogP contribution in [0.25, 0.3) is 0 Å². The summed E-state index contributed by atoms with van der Waals surface area (Å²) in [5.74, 6) is -0.863. The van der Waals surface area contributed by atoms with E-state index in [0.29, 0.717) is 18.1 Å². The lowest BCUT2D eigenvalue weighted by Gasteiger charge is -2.39. The Balaban J connectivity index is 2.62. The van der Waals surface area contributed by atoms with Crippen LogP contribution in [-0.2, 0) is 4.79 Å². The summed E-state index contributed by atoms with van der Waals surface area (Å²) in [6.45, 7) is 8.25. The van der Waals surface area contributed by atoms with E-state index in [2.05, 4.69) is 11.9 Å². The molecule has 6 heteroatoms. The van der Waals surface area contributed by atoms with Gasteiger partial charge in [0, 0.05) is 18.1 Å². The van der Waals surface area contributed by atoms with Crippen LogP contribution in [0.3, 0.4) is 0 Å². The highest BCUT2D eigenvalue weighted by Crippen LogP contribution is 2.34. The summed E-state index contributed by atoms with van der Waals surface area (Å²) in [5.41, 5.74) is -0.824. The summed E-state index contributed by atoms with van der Waals surface area (Å²) < 4.78 is 0. The molecule has 1 saturated heterocycles. The fourth-order valence-corrected chi connectivity index (χ4v) is 2.28. The van der Waals surface area contributed by atoms with Gasteiger partial charge in [-0.25, -0.2) is 4.79 Å². The van der Waals surface area contributed by atoms with Crippen LogP contribution in [0.1, 0.15) is 26.7 Å². The molecule has 1 atom stereocenters. The molecule has 1 aliphatic rings. The monoisotopic (exact) mass is 288 g/mol. The van der Waals surface area contributed by atoms with E-state index in [-0.39, 0.29) is 18.5 Å². The zero-order chi connectivity index (χ0) is 14.6. The lowest BCUT2D eigenvalue weighted by molar-refractivity contribution is -0.151. The van der Waals surface area contributed by atoms with Gasteiger partial charge in [-0.15, -0.1) is 0 Å². The van der Waals surface area contributed by atoms with Crippen LogP contribution in [0.4, 0.5) is 4.79 Å². The Morgan fingerprint density at radius 2 is 2.16 bits per heavy atom. The molecule has 19 heavy (non-hydrogen) atoms. The molecule has 1 aliphatic heterocycles. The minimum Gasteiger partial charge on any atom is -0.481 e. The third-order valence-corrected chi connectivity index (χ3v) is 3.85. The zero-order valence-electron chi connectivity index (χ0n) is 11.4. The average molecular weight is 289 g/mol. The van der Waals surface area contributed by atoms with Crippen LogP contribution < -0.4 is 5.32 Å². The van der Waals surface area contributed by atoms with Gasteiger partial charge >= 0.3 is 12.0 Å². The molecule has 2 amide bonds. The number of hydrogen-bond acceptors (Lipinski definition) is 2. The highest BCUT2D eigenvalue weighted by atomic mass is 35.5. The smallest absolute Gasteiger partial charge is 0.317 e. The number of carboxylic acids is 1. The number of carboxylic acid groups (broad SMARTS) is 1. The van der Waals surface area contributed by atoms with Gasteiger partial charge in [-0.05, 0) is 32.6 Å². The van der Waals surface area contributed by atoms with Gasteiger partial charge in [0.1, 0.15) is 0 Å². The third-order valence-electron chi connectivity index (χ3n) is 3.71. The predicted octanol–water partition coefficient (Wildman–Crippen LogP) is 2.27. The SMILES string of the molecule is C=C(Cl)CNC(=O)N1CCCC(C(C)(C)C(=O)O)C1. The van der Waals surface area contributed by atoms with Crippen molar-refractivity contribution in [2.45, 2.75) is 26.7 Å². The molecule has 5 nitrogen and oxygen atoms in total. The lowest BCUT2D eigenvalue weighted by atomic mass is 9.74. The van der Waals surface area contributed by atoms with E-state index in [9.17, 15) is 14.7 Å². The molecule has 0 aromatic heterocycles. The molecule has 1 heterocycles. The van der Waals surface area contributed by atoms with E-state index in [4.69, 9.17) is 11.6 Å². The molecule has 1 rings (SSSR count). The molecule has 0 aliphatic carbocycles. The van der Waals surface area contributed by atoms with Crippen molar-refractivity contribution in [2.24, 2.45) is 11.3 Å². The maximum Gasteiger partial charge on any atom is 0.317 e. The Hall–Kier alpha value is -1.23. The minimum atomic E-state index is -0.825. The third kappa shape index (κ3) is 4.13. The molecule has 108 valence electrons. The second-order valence-electron chi connectivity index (χ2n) is 5.49. The Bertz CT molecular complexity index is 382. The number of urea groups is 1. The molecule has 1 unspecified atom stereocenters. The maximum atomic E-state index is 11.9. The molecule has 0 radical (unpaired) electrons. The van der Waals surface area contributed by atoms with Crippen LogP contribution in [0.15, 0.2) is 11.6 Å². The second-order valence-corrected chi connectivity index (χ2v) is 6.02. The molecule has 0 aromatic carbocycles. The van der Waals surface area contributed by atoms with E-state index in [1.54, 1.807) is 18.7 Å². The van der Waals surface area contributed by atoms with Crippen LogP contribution >= 0.6 is 11.6 Å². The molecule has 2 N–H and O–H groups in total. The molecule has 0 spiro atoms. The van der Waals surface area contributed by atoms with E-state index in [0.717, 1.165) is 12.8 Å². The first-order valence-electron chi connectivity index (χ1n) is 6.34. The zero-order valence-corrected chi connectivity index (χ0v) is 12.2. The quantitative estimate of drug-likeness (QED) is 0.834. The van der Waals surface area contributed by atoms with Gasteiger partial charge in [0.05, 0.1) is 12.0 Å². The molecule has 0 aromatic rings. The highest BCUT2D eigenvalue weighted by Gasteiger charge is 2.39. The van der Waals surface area contributed by atoms with Crippen LogP contribution in [0, 0.1) is 11.3 Å². The van der Waals surface area contributed by atoms with Gasteiger partial charge in [0.2, 0.25) is 0 Å². The number of nitrogens with one attached hydrogen (secondary N) is 1. The fourth-order valence-electron chi connectivity index (χ4n) is 2.21. The summed E-state index contributed by atoms with van der Waals surface area (Å²) in [6.07, 6.45) is 1.64. The first kappa shape index (κ1) is 15.8. The number of nitrogens with zero attached hydrogens (tertiary/aromatic N) is 1. The number of aliphatic carboxylic acids is 1. The van der Waals surface area contributed by atoms with E-state index < -0.39 is 11.4 Å². The van der Waals surface area contributed by atoms with Gasteiger partial charge in [0.15, 0.2) is 0 Å².